The lowest BCUT2D eigenvalue weighted by Crippen LogP contribution is -2.40. The monoisotopic (exact) mass is 364 g/mol. The lowest BCUT2D eigenvalue weighted by atomic mass is 9.69. The molecule has 5 nitrogen and oxygen atoms in total. The molecule has 4 rings (SSSR count). The zero-order valence-electron chi connectivity index (χ0n) is 14.1. The van der Waals surface area contributed by atoms with Gasteiger partial charge in [0.1, 0.15) is 0 Å². The number of fused-ring (bicyclic) bond motifs is 5. The van der Waals surface area contributed by atoms with Gasteiger partial charge in [-0.15, -0.1) is 0 Å². The molecule has 3 saturated heterocycles. The largest absolute Gasteiger partial charge is 0.417 e. The molecule has 0 aromatic heterocycles. The third-order valence-electron chi connectivity index (χ3n) is 5.89. The Morgan fingerprint density at radius 2 is 1.69 bits per heavy atom. The lowest BCUT2D eigenvalue weighted by Gasteiger charge is -2.27. The van der Waals surface area contributed by atoms with E-state index in [1.807, 2.05) is 0 Å². The van der Waals surface area contributed by atoms with Gasteiger partial charge in [-0.2, -0.15) is 18.4 Å². The van der Waals surface area contributed by atoms with Gasteiger partial charge in [0.05, 0.1) is 45.9 Å². The minimum atomic E-state index is -4.76. The summed E-state index contributed by atoms with van der Waals surface area (Å²) in [6, 6.07) is 4.38. The molecule has 0 spiro atoms. The zero-order chi connectivity index (χ0) is 19.1. The van der Waals surface area contributed by atoms with Crippen LogP contribution in [0.2, 0.25) is 0 Å². The van der Waals surface area contributed by atoms with Crippen molar-refractivity contribution in [3.8, 4) is 6.07 Å². The number of halogens is 3. The quantitative estimate of drug-likeness (QED) is 0.718. The number of nitrogens with zero attached hydrogens (tertiary/aromatic N) is 2. The van der Waals surface area contributed by atoms with Crippen LogP contribution in [0.1, 0.15) is 37.8 Å². The molecule has 3 fully saturated rings. The average Bonchev–Trinajstić information content (AvgIpc) is 3.10. The molecule has 26 heavy (non-hydrogen) atoms. The van der Waals surface area contributed by atoms with Crippen molar-refractivity contribution in [2.75, 3.05) is 4.90 Å². The molecule has 136 valence electrons. The normalized spacial score (nSPS) is 35.8. The molecule has 4 atom stereocenters. The number of benzene rings is 1. The summed E-state index contributed by atoms with van der Waals surface area (Å²) in [6.45, 7) is 3.55. The lowest BCUT2D eigenvalue weighted by molar-refractivity contribution is -0.138. The van der Waals surface area contributed by atoms with Gasteiger partial charge in [0.25, 0.3) is 0 Å². The van der Waals surface area contributed by atoms with E-state index in [4.69, 9.17) is 10.00 Å². The fraction of sp³-hybridized carbons (Fsp3) is 0.500. The van der Waals surface area contributed by atoms with E-state index in [9.17, 15) is 22.8 Å². The maximum atomic E-state index is 13.2. The van der Waals surface area contributed by atoms with Gasteiger partial charge in [-0.05, 0) is 44.9 Å². The number of amides is 2. The Kier molecular flexibility index (Phi) is 3.18. The van der Waals surface area contributed by atoms with Gasteiger partial charge < -0.3 is 4.74 Å². The molecule has 2 bridgehead atoms. The summed E-state index contributed by atoms with van der Waals surface area (Å²) in [5.74, 6) is -2.47. The fourth-order valence-electron chi connectivity index (χ4n) is 4.73. The third kappa shape index (κ3) is 2.01. The Balaban J connectivity index is 1.80. The minimum absolute atomic E-state index is 0.160. The van der Waals surface area contributed by atoms with Gasteiger partial charge in [-0.3, -0.25) is 9.59 Å². The number of alkyl halides is 3. The van der Waals surface area contributed by atoms with E-state index in [1.165, 1.54) is 12.1 Å². The summed E-state index contributed by atoms with van der Waals surface area (Å²) in [4.78, 5) is 26.7. The number of rotatable bonds is 1. The maximum Gasteiger partial charge on any atom is 0.417 e. The van der Waals surface area contributed by atoms with Crippen molar-refractivity contribution in [1.82, 2.24) is 0 Å². The van der Waals surface area contributed by atoms with Crippen molar-refractivity contribution in [3.63, 3.8) is 0 Å². The molecule has 3 aliphatic rings. The molecule has 8 heteroatoms. The van der Waals surface area contributed by atoms with Crippen molar-refractivity contribution in [2.24, 2.45) is 11.8 Å². The average molecular weight is 364 g/mol. The van der Waals surface area contributed by atoms with Crippen LogP contribution in [0.3, 0.4) is 0 Å². The standard InChI is InChI=1S/C18H15F3N2O3/c1-16-5-6-17(2,26-16)13-12(16)14(24)23(15(13)25)10-4-3-9(8-22)11(7-10)18(19,20)21/h3-4,7,12-13H,5-6H2,1-2H3/t12-,13+,16+,17-. The summed E-state index contributed by atoms with van der Waals surface area (Å²) in [7, 11) is 0. The second kappa shape index (κ2) is 4.86. The molecular formula is C18H15F3N2O3. The summed E-state index contributed by atoms with van der Waals surface area (Å²) < 4.78 is 45.6. The molecule has 2 amide bonds. The van der Waals surface area contributed by atoms with Gasteiger partial charge >= 0.3 is 6.18 Å². The molecular weight excluding hydrogens is 349 g/mol. The van der Waals surface area contributed by atoms with Gasteiger partial charge in [-0.25, -0.2) is 4.90 Å². The molecule has 0 unspecified atom stereocenters. The number of imide groups is 1. The third-order valence-corrected chi connectivity index (χ3v) is 5.89. The van der Waals surface area contributed by atoms with Crippen LogP contribution in [0.25, 0.3) is 0 Å². The van der Waals surface area contributed by atoms with Crippen LogP contribution in [0.15, 0.2) is 18.2 Å². The summed E-state index contributed by atoms with van der Waals surface area (Å²) in [6.07, 6.45) is -3.51. The Hall–Kier alpha value is -2.40. The summed E-state index contributed by atoms with van der Waals surface area (Å²) in [5, 5.41) is 8.90. The first-order valence-corrected chi connectivity index (χ1v) is 8.21. The Morgan fingerprint density at radius 1 is 1.15 bits per heavy atom. The van der Waals surface area contributed by atoms with E-state index in [1.54, 1.807) is 13.8 Å². The number of hydrogen-bond acceptors (Lipinski definition) is 4. The smallest absolute Gasteiger partial charge is 0.367 e. The predicted octanol–water partition coefficient (Wildman–Crippen LogP) is 3.02. The number of carbonyl (C=O) groups is 2. The van der Waals surface area contributed by atoms with E-state index >= 15 is 0 Å². The second-order valence-corrected chi connectivity index (χ2v) is 7.53. The number of nitriles is 1. The van der Waals surface area contributed by atoms with Gasteiger partial charge in [0.15, 0.2) is 0 Å². The van der Waals surface area contributed by atoms with Crippen LogP contribution in [0, 0.1) is 23.2 Å². The molecule has 0 radical (unpaired) electrons. The van der Waals surface area contributed by atoms with Crippen molar-refractivity contribution in [1.29, 1.82) is 5.26 Å². The SMILES string of the molecule is C[C@]12CC[C@](C)(O1)[C@H]1C(=O)N(c3ccc(C#N)c(C(F)(F)F)c3)C(=O)[C@H]12. The number of ether oxygens (including phenoxy) is 1. The van der Waals surface area contributed by atoms with Crippen LogP contribution in [0.4, 0.5) is 18.9 Å². The molecule has 0 saturated carbocycles. The Morgan fingerprint density at radius 3 is 2.15 bits per heavy atom. The highest BCUT2D eigenvalue weighted by Crippen LogP contribution is 2.61. The van der Waals surface area contributed by atoms with Crippen molar-refractivity contribution in [3.05, 3.63) is 29.3 Å². The number of anilines is 1. The first-order valence-electron chi connectivity index (χ1n) is 8.21. The maximum absolute atomic E-state index is 13.2. The minimum Gasteiger partial charge on any atom is -0.367 e. The topological polar surface area (TPSA) is 70.4 Å². The van der Waals surface area contributed by atoms with E-state index < -0.39 is 52.2 Å². The first-order chi connectivity index (χ1) is 12.0. The van der Waals surface area contributed by atoms with Crippen LogP contribution < -0.4 is 4.90 Å². The molecule has 0 aliphatic carbocycles. The van der Waals surface area contributed by atoms with Crippen molar-refractivity contribution >= 4 is 17.5 Å². The Labute approximate surface area is 147 Å². The van der Waals surface area contributed by atoms with E-state index in [-0.39, 0.29) is 5.69 Å². The molecule has 1 aromatic rings. The number of hydrogen-bond donors (Lipinski definition) is 0. The Bertz CT molecular complexity index is 857. The fourth-order valence-corrected chi connectivity index (χ4v) is 4.73. The predicted molar refractivity (Wildman–Crippen MR) is 82.8 cm³/mol. The van der Waals surface area contributed by atoms with Gasteiger partial charge in [0.2, 0.25) is 11.8 Å². The van der Waals surface area contributed by atoms with Crippen LogP contribution >= 0.6 is 0 Å². The van der Waals surface area contributed by atoms with Gasteiger partial charge in [-0.1, -0.05) is 0 Å². The first kappa shape index (κ1) is 17.0. The molecule has 3 aliphatic heterocycles. The molecule has 0 N–H and O–H groups in total. The molecule has 3 heterocycles. The van der Waals surface area contributed by atoms with E-state index in [2.05, 4.69) is 0 Å². The second-order valence-electron chi connectivity index (χ2n) is 7.53. The van der Waals surface area contributed by atoms with E-state index in [0.717, 1.165) is 11.0 Å². The van der Waals surface area contributed by atoms with Crippen molar-refractivity contribution in [2.45, 2.75) is 44.1 Å². The van der Waals surface area contributed by atoms with Crippen molar-refractivity contribution < 1.29 is 27.5 Å². The number of carbonyl (C=O) groups excluding carboxylic acids is 2. The zero-order valence-corrected chi connectivity index (χ0v) is 14.1. The van der Waals surface area contributed by atoms with Crippen LogP contribution in [-0.4, -0.2) is 23.0 Å². The van der Waals surface area contributed by atoms with Crippen LogP contribution in [0.5, 0.6) is 0 Å². The molecule has 1 aromatic carbocycles. The van der Waals surface area contributed by atoms with Crippen LogP contribution in [-0.2, 0) is 20.5 Å². The summed E-state index contributed by atoms with van der Waals surface area (Å²) >= 11 is 0. The highest BCUT2D eigenvalue weighted by Gasteiger charge is 2.72. The summed E-state index contributed by atoms with van der Waals surface area (Å²) in [5.41, 5.74) is -3.43. The van der Waals surface area contributed by atoms with Gasteiger partial charge in [0, 0.05) is 0 Å². The highest BCUT2D eigenvalue weighted by atomic mass is 19.4. The highest BCUT2D eigenvalue weighted by molar-refractivity contribution is 6.23. The van der Waals surface area contributed by atoms with E-state index in [0.29, 0.717) is 18.9 Å².